The van der Waals surface area contributed by atoms with Crippen LogP contribution in [-0.2, 0) is 6.54 Å². The standard InChI is InChI=1S/C14H10BrF2NO2/c15-9-5-11(16)13(12(17)6-9)14(20)18-7-8-1-3-10(19)4-2-8/h1-6,19H,7H2,(H,18,20). The van der Waals surface area contributed by atoms with Crippen molar-refractivity contribution in [1.82, 2.24) is 5.32 Å². The molecule has 2 aromatic rings. The number of hydrogen-bond donors (Lipinski definition) is 2. The third-order valence-corrected chi connectivity index (χ3v) is 3.08. The molecular formula is C14H10BrF2NO2. The zero-order valence-electron chi connectivity index (χ0n) is 10.2. The predicted molar refractivity (Wildman–Crippen MR) is 73.3 cm³/mol. The van der Waals surface area contributed by atoms with Gasteiger partial charge in [-0.15, -0.1) is 0 Å². The van der Waals surface area contributed by atoms with Crippen molar-refractivity contribution in [2.75, 3.05) is 0 Å². The van der Waals surface area contributed by atoms with E-state index in [-0.39, 0.29) is 16.8 Å². The number of phenols is 1. The maximum atomic E-state index is 13.6. The number of aromatic hydroxyl groups is 1. The number of carbonyl (C=O) groups is 1. The number of amides is 1. The summed E-state index contributed by atoms with van der Waals surface area (Å²) in [6, 6.07) is 8.18. The molecule has 1 amide bonds. The molecule has 0 atom stereocenters. The first-order chi connectivity index (χ1) is 9.47. The van der Waals surface area contributed by atoms with Gasteiger partial charge < -0.3 is 10.4 Å². The van der Waals surface area contributed by atoms with E-state index in [0.717, 1.165) is 12.1 Å². The minimum Gasteiger partial charge on any atom is -0.508 e. The Hall–Kier alpha value is -1.95. The first kappa shape index (κ1) is 14.5. The Kier molecular flexibility index (Phi) is 4.34. The lowest BCUT2D eigenvalue weighted by atomic mass is 10.1. The predicted octanol–water partition coefficient (Wildman–Crippen LogP) is 3.36. The molecule has 0 aliphatic rings. The molecule has 104 valence electrons. The molecule has 0 unspecified atom stereocenters. The van der Waals surface area contributed by atoms with E-state index in [1.165, 1.54) is 12.1 Å². The molecule has 0 radical (unpaired) electrons. The lowest BCUT2D eigenvalue weighted by Crippen LogP contribution is -2.25. The van der Waals surface area contributed by atoms with Crippen molar-refractivity contribution < 1.29 is 18.7 Å². The van der Waals surface area contributed by atoms with Gasteiger partial charge >= 0.3 is 0 Å². The van der Waals surface area contributed by atoms with Crippen LogP contribution in [0.1, 0.15) is 15.9 Å². The quantitative estimate of drug-likeness (QED) is 0.899. The van der Waals surface area contributed by atoms with Crippen molar-refractivity contribution in [2.24, 2.45) is 0 Å². The van der Waals surface area contributed by atoms with E-state index in [1.807, 2.05) is 0 Å². The van der Waals surface area contributed by atoms with Gasteiger partial charge in [0.25, 0.3) is 5.91 Å². The van der Waals surface area contributed by atoms with Crippen LogP contribution in [0.25, 0.3) is 0 Å². The Morgan fingerprint density at radius 1 is 1.15 bits per heavy atom. The summed E-state index contributed by atoms with van der Waals surface area (Å²) < 4.78 is 27.4. The van der Waals surface area contributed by atoms with Gasteiger partial charge in [-0.1, -0.05) is 28.1 Å². The van der Waals surface area contributed by atoms with Crippen LogP contribution in [0.2, 0.25) is 0 Å². The number of carbonyl (C=O) groups excluding carboxylic acids is 1. The third kappa shape index (κ3) is 3.33. The van der Waals surface area contributed by atoms with Gasteiger partial charge in [-0.2, -0.15) is 0 Å². The molecule has 0 aliphatic carbocycles. The van der Waals surface area contributed by atoms with E-state index in [1.54, 1.807) is 12.1 Å². The molecule has 0 spiro atoms. The number of hydrogen-bond acceptors (Lipinski definition) is 2. The fourth-order valence-corrected chi connectivity index (χ4v) is 2.05. The average Bonchev–Trinajstić information content (AvgIpc) is 2.37. The van der Waals surface area contributed by atoms with Crippen molar-refractivity contribution in [2.45, 2.75) is 6.54 Å². The van der Waals surface area contributed by atoms with Crippen LogP contribution in [-0.4, -0.2) is 11.0 Å². The fourth-order valence-electron chi connectivity index (χ4n) is 1.64. The summed E-state index contributed by atoms with van der Waals surface area (Å²) in [7, 11) is 0. The van der Waals surface area contributed by atoms with Crippen LogP contribution < -0.4 is 5.32 Å². The monoisotopic (exact) mass is 341 g/mol. The SMILES string of the molecule is O=C(NCc1ccc(O)cc1)c1c(F)cc(Br)cc1F. The summed E-state index contributed by atoms with van der Waals surface area (Å²) in [4.78, 5) is 11.8. The molecule has 0 heterocycles. The summed E-state index contributed by atoms with van der Waals surface area (Å²) in [5.41, 5.74) is 0.0843. The van der Waals surface area contributed by atoms with E-state index in [4.69, 9.17) is 5.11 Å². The van der Waals surface area contributed by atoms with Gasteiger partial charge in [0.1, 0.15) is 22.9 Å². The molecular weight excluding hydrogens is 332 g/mol. The highest BCUT2D eigenvalue weighted by molar-refractivity contribution is 9.10. The Bertz CT molecular complexity index is 621. The van der Waals surface area contributed by atoms with Crippen molar-refractivity contribution in [3.63, 3.8) is 0 Å². The van der Waals surface area contributed by atoms with Crippen LogP contribution in [0.15, 0.2) is 40.9 Å². The molecule has 20 heavy (non-hydrogen) atoms. The van der Waals surface area contributed by atoms with Gasteiger partial charge in [-0.25, -0.2) is 8.78 Å². The minimum atomic E-state index is -0.930. The average molecular weight is 342 g/mol. The third-order valence-electron chi connectivity index (χ3n) is 2.62. The topological polar surface area (TPSA) is 49.3 Å². The normalized spacial score (nSPS) is 10.3. The van der Waals surface area contributed by atoms with Gasteiger partial charge in [0, 0.05) is 11.0 Å². The number of nitrogens with one attached hydrogen (secondary N) is 1. The van der Waals surface area contributed by atoms with E-state index < -0.39 is 23.1 Å². The van der Waals surface area contributed by atoms with Crippen LogP contribution in [0.4, 0.5) is 8.78 Å². The number of rotatable bonds is 3. The Labute approximate surface area is 122 Å². The molecule has 0 bridgehead atoms. The molecule has 0 aliphatic heterocycles. The summed E-state index contributed by atoms with van der Waals surface area (Å²) in [5, 5.41) is 11.5. The largest absolute Gasteiger partial charge is 0.508 e. The van der Waals surface area contributed by atoms with Crippen LogP contribution >= 0.6 is 15.9 Å². The van der Waals surface area contributed by atoms with E-state index in [0.29, 0.717) is 5.56 Å². The van der Waals surface area contributed by atoms with Crippen molar-refractivity contribution in [3.8, 4) is 5.75 Å². The van der Waals surface area contributed by atoms with Gasteiger partial charge in [0.2, 0.25) is 0 Å². The second kappa shape index (κ2) is 6.00. The van der Waals surface area contributed by atoms with Crippen molar-refractivity contribution >= 4 is 21.8 Å². The highest BCUT2D eigenvalue weighted by Crippen LogP contribution is 2.19. The van der Waals surface area contributed by atoms with Crippen molar-refractivity contribution in [1.29, 1.82) is 0 Å². The zero-order chi connectivity index (χ0) is 14.7. The fraction of sp³-hybridized carbons (Fsp3) is 0.0714. The van der Waals surface area contributed by atoms with E-state index in [9.17, 15) is 13.6 Å². The lowest BCUT2D eigenvalue weighted by molar-refractivity contribution is 0.0942. The second-order valence-electron chi connectivity index (χ2n) is 4.09. The molecule has 0 saturated carbocycles. The van der Waals surface area contributed by atoms with Gasteiger partial charge in [0.05, 0.1) is 0 Å². The highest BCUT2D eigenvalue weighted by Gasteiger charge is 2.18. The first-order valence-electron chi connectivity index (χ1n) is 5.68. The number of benzene rings is 2. The second-order valence-corrected chi connectivity index (χ2v) is 5.01. The van der Waals surface area contributed by atoms with Crippen LogP contribution in [0.3, 0.4) is 0 Å². The van der Waals surface area contributed by atoms with E-state index in [2.05, 4.69) is 21.2 Å². The lowest BCUT2D eigenvalue weighted by Gasteiger charge is -2.08. The molecule has 0 saturated heterocycles. The first-order valence-corrected chi connectivity index (χ1v) is 6.47. The Balaban J connectivity index is 2.11. The molecule has 3 nitrogen and oxygen atoms in total. The molecule has 2 N–H and O–H groups in total. The number of halogens is 3. The van der Waals surface area contributed by atoms with Gasteiger partial charge in [-0.05, 0) is 29.8 Å². The Morgan fingerprint density at radius 2 is 1.70 bits per heavy atom. The maximum absolute atomic E-state index is 13.6. The van der Waals surface area contributed by atoms with E-state index >= 15 is 0 Å². The van der Waals surface area contributed by atoms with Crippen LogP contribution in [0, 0.1) is 11.6 Å². The van der Waals surface area contributed by atoms with Gasteiger partial charge in [0.15, 0.2) is 0 Å². The summed E-state index contributed by atoms with van der Waals surface area (Å²) in [6.07, 6.45) is 0. The molecule has 2 rings (SSSR count). The summed E-state index contributed by atoms with van der Waals surface area (Å²) >= 11 is 2.94. The number of phenolic OH excluding ortho intramolecular Hbond substituents is 1. The molecule has 2 aromatic carbocycles. The van der Waals surface area contributed by atoms with Crippen LogP contribution in [0.5, 0.6) is 5.75 Å². The highest BCUT2D eigenvalue weighted by atomic mass is 79.9. The molecule has 0 fully saturated rings. The van der Waals surface area contributed by atoms with Crippen molar-refractivity contribution in [3.05, 3.63) is 63.6 Å². The maximum Gasteiger partial charge on any atom is 0.257 e. The molecule has 0 aromatic heterocycles. The zero-order valence-corrected chi connectivity index (χ0v) is 11.7. The smallest absolute Gasteiger partial charge is 0.257 e. The molecule has 6 heteroatoms. The summed E-state index contributed by atoms with van der Waals surface area (Å²) in [5.74, 6) is -2.59. The Morgan fingerprint density at radius 3 is 2.25 bits per heavy atom. The minimum absolute atomic E-state index is 0.102. The van der Waals surface area contributed by atoms with Gasteiger partial charge in [-0.3, -0.25) is 4.79 Å². The summed E-state index contributed by atoms with van der Waals surface area (Å²) in [6.45, 7) is 0.105.